The molecule has 2 aromatic rings. The third-order valence-electron chi connectivity index (χ3n) is 6.28. The fourth-order valence-corrected chi connectivity index (χ4v) is 4.22. The van der Waals surface area contributed by atoms with Crippen LogP contribution >= 0.6 is 23.2 Å². The minimum atomic E-state index is -1.66. The highest BCUT2D eigenvalue weighted by Crippen LogP contribution is 2.29. The number of carbonyl (C=O) groups excluding carboxylic acids is 3. The van der Waals surface area contributed by atoms with Crippen LogP contribution in [0.4, 0.5) is 21.0 Å². The van der Waals surface area contributed by atoms with Crippen LogP contribution in [0.3, 0.4) is 0 Å². The molecule has 5 N–H and O–H groups in total. The molecule has 0 bridgehead atoms. The summed E-state index contributed by atoms with van der Waals surface area (Å²) in [5.74, 6) is -0.583. The molecule has 38 heavy (non-hydrogen) atoms. The molecule has 1 saturated carbocycles. The molecule has 0 spiro atoms. The van der Waals surface area contributed by atoms with E-state index in [-0.39, 0.29) is 11.8 Å². The Hall–Kier alpha value is -3.09. The van der Waals surface area contributed by atoms with Crippen molar-refractivity contribution in [3.8, 4) is 0 Å². The van der Waals surface area contributed by atoms with Crippen LogP contribution in [0.5, 0.6) is 0 Å². The van der Waals surface area contributed by atoms with E-state index in [0.29, 0.717) is 34.3 Å². The van der Waals surface area contributed by atoms with Gasteiger partial charge in [0.2, 0.25) is 5.91 Å². The fourth-order valence-electron chi connectivity index (χ4n) is 3.97. The molecule has 11 nitrogen and oxygen atoms in total. The van der Waals surface area contributed by atoms with Crippen molar-refractivity contribution in [1.82, 2.24) is 5.32 Å². The molecule has 204 valence electrons. The Morgan fingerprint density at radius 1 is 0.895 bits per heavy atom. The molecule has 5 atom stereocenters. The van der Waals surface area contributed by atoms with Crippen molar-refractivity contribution >= 4 is 52.7 Å². The van der Waals surface area contributed by atoms with Crippen molar-refractivity contribution in [2.24, 2.45) is 5.92 Å². The summed E-state index contributed by atoms with van der Waals surface area (Å²) < 4.78 is 16.0. The number of aliphatic hydroxyl groups is 2. The number of benzene rings is 2. The summed E-state index contributed by atoms with van der Waals surface area (Å²) in [6, 6.07) is 11.2. The molecule has 0 aromatic heterocycles. The van der Waals surface area contributed by atoms with Gasteiger partial charge >= 0.3 is 12.2 Å². The molecule has 13 heteroatoms. The largest absolute Gasteiger partial charge is 0.446 e. The average Bonchev–Trinajstić information content (AvgIpc) is 2.84. The fraction of sp³-hybridized carbons (Fsp3) is 0.400. The minimum Gasteiger partial charge on any atom is -0.446 e. The first kappa shape index (κ1) is 27.9. The van der Waals surface area contributed by atoms with Gasteiger partial charge < -0.3 is 29.7 Å². The zero-order valence-corrected chi connectivity index (χ0v) is 21.5. The number of ether oxygens (including phenoxy) is 3. The molecule has 0 radical (unpaired) electrons. The van der Waals surface area contributed by atoms with Gasteiger partial charge in [0.1, 0.15) is 24.9 Å². The Morgan fingerprint density at radius 3 is 1.97 bits per heavy atom. The van der Waals surface area contributed by atoms with Crippen molar-refractivity contribution in [3.63, 3.8) is 0 Å². The Labute approximate surface area is 228 Å². The van der Waals surface area contributed by atoms with Crippen LogP contribution in [-0.2, 0) is 19.0 Å². The molecule has 2 aromatic carbocycles. The lowest BCUT2D eigenvalue weighted by atomic mass is 9.84. The van der Waals surface area contributed by atoms with Gasteiger partial charge in [0, 0.05) is 27.3 Å². The Balaban J connectivity index is 1.41. The van der Waals surface area contributed by atoms with Gasteiger partial charge in [-0.15, -0.1) is 0 Å². The molecule has 2 aliphatic rings. The predicted octanol–water partition coefficient (Wildman–Crippen LogP) is 3.52. The molecular formula is C25H27Cl2N3O8. The second kappa shape index (κ2) is 12.6. The molecule has 1 heterocycles. The van der Waals surface area contributed by atoms with Gasteiger partial charge in [0.25, 0.3) is 0 Å². The summed E-state index contributed by atoms with van der Waals surface area (Å²) in [7, 11) is 0. The number of rotatable bonds is 7. The summed E-state index contributed by atoms with van der Waals surface area (Å²) in [5.41, 5.74) is 0.790. The lowest BCUT2D eigenvalue weighted by Gasteiger charge is -2.42. The highest BCUT2D eigenvalue weighted by molar-refractivity contribution is 6.30. The van der Waals surface area contributed by atoms with Crippen molar-refractivity contribution in [3.05, 3.63) is 58.6 Å². The monoisotopic (exact) mass is 567 g/mol. The molecule has 3 amide bonds. The van der Waals surface area contributed by atoms with Gasteiger partial charge in [-0.1, -0.05) is 29.6 Å². The first-order valence-corrected chi connectivity index (χ1v) is 12.7. The number of amides is 3. The molecule has 0 unspecified atom stereocenters. The van der Waals surface area contributed by atoms with Crippen LogP contribution in [0.1, 0.15) is 19.3 Å². The Kier molecular flexibility index (Phi) is 9.29. The number of hydrogen-bond donors (Lipinski definition) is 5. The topological polar surface area (TPSA) is 155 Å². The maximum absolute atomic E-state index is 12.6. The maximum Gasteiger partial charge on any atom is 0.412 e. The van der Waals surface area contributed by atoms with E-state index in [1.54, 1.807) is 48.5 Å². The van der Waals surface area contributed by atoms with E-state index in [9.17, 15) is 24.6 Å². The Bertz CT molecular complexity index is 1130. The second-order valence-electron chi connectivity index (χ2n) is 8.95. The summed E-state index contributed by atoms with van der Waals surface area (Å²) in [6.45, 7) is -0.487. The zero-order chi connectivity index (χ0) is 27.2. The molecule has 2 fully saturated rings. The van der Waals surface area contributed by atoms with E-state index in [0.717, 1.165) is 6.42 Å². The van der Waals surface area contributed by atoms with E-state index in [1.807, 2.05) is 0 Å². The van der Waals surface area contributed by atoms with E-state index in [1.165, 1.54) is 0 Å². The summed E-state index contributed by atoms with van der Waals surface area (Å²) in [4.78, 5) is 37.4. The third-order valence-corrected chi connectivity index (χ3v) is 6.78. The van der Waals surface area contributed by atoms with E-state index < -0.39 is 49.4 Å². The lowest BCUT2D eigenvalue weighted by molar-refractivity contribution is -0.252. The first-order valence-electron chi connectivity index (χ1n) is 11.9. The van der Waals surface area contributed by atoms with E-state index in [4.69, 9.17) is 37.4 Å². The summed E-state index contributed by atoms with van der Waals surface area (Å²) in [6.07, 6.45) is -5.43. The molecule has 1 aliphatic carbocycles. The third kappa shape index (κ3) is 7.27. The van der Waals surface area contributed by atoms with E-state index in [2.05, 4.69) is 16.0 Å². The smallest absolute Gasteiger partial charge is 0.412 e. The SMILES string of the molecule is O=C(Nc1ccc(Cl)cc1)OC[C@H]1O[C@@H](O)[C@H](NC(=O)C2CCC2)[C@@H](OC(=O)Nc2ccc(Cl)cc2)[C@@H]1O. The van der Waals surface area contributed by atoms with Gasteiger partial charge in [-0.3, -0.25) is 15.4 Å². The van der Waals surface area contributed by atoms with Crippen molar-refractivity contribution in [1.29, 1.82) is 0 Å². The van der Waals surface area contributed by atoms with Crippen LogP contribution in [0, 0.1) is 5.92 Å². The maximum atomic E-state index is 12.6. The second-order valence-corrected chi connectivity index (χ2v) is 9.82. The quantitative estimate of drug-likeness (QED) is 0.340. The standard InChI is InChI=1S/C25H27Cl2N3O8/c26-14-4-8-16(9-5-14)28-24(34)36-12-18-20(31)21(38-25(35)29-17-10-6-15(27)7-11-17)19(23(33)37-18)30-22(32)13-2-1-3-13/h4-11,13,18-21,23,31,33H,1-3,12H2,(H,28,34)(H,29,35)(H,30,32)/t18-,19-,20-,21-,23-/m1/s1. The number of aliphatic hydroxyl groups excluding tert-OH is 2. The number of nitrogens with one attached hydrogen (secondary N) is 3. The predicted molar refractivity (Wildman–Crippen MR) is 138 cm³/mol. The van der Waals surface area contributed by atoms with Crippen LogP contribution in [0.2, 0.25) is 10.0 Å². The molecule has 1 aliphatic heterocycles. The van der Waals surface area contributed by atoms with Gasteiger partial charge in [0.05, 0.1) is 0 Å². The lowest BCUT2D eigenvalue weighted by Crippen LogP contribution is -2.66. The summed E-state index contributed by atoms with van der Waals surface area (Å²) in [5, 5.41) is 30.2. The van der Waals surface area contributed by atoms with Gasteiger partial charge in [-0.25, -0.2) is 9.59 Å². The zero-order valence-electron chi connectivity index (χ0n) is 20.0. The van der Waals surface area contributed by atoms with E-state index >= 15 is 0 Å². The molecule has 1 saturated heterocycles. The summed E-state index contributed by atoms with van der Waals surface area (Å²) >= 11 is 11.7. The normalized spacial score (nSPS) is 25.0. The average molecular weight is 568 g/mol. The molecular weight excluding hydrogens is 541 g/mol. The van der Waals surface area contributed by atoms with Gasteiger partial charge in [-0.05, 0) is 61.4 Å². The van der Waals surface area contributed by atoms with Crippen molar-refractivity contribution in [2.75, 3.05) is 17.2 Å². The first-order chi connectivity index (χ1) is 18.2. The van der Waals surface area contributed by atoms with Gasteiger partial charge in [0.15, 0.2) is 12.4 Å². The number of hydrogen-bond acceptors (Lipinski definition) is 8. The minimum absolute atomic E-state index is 0.236. The Morgan fingerprint density at radius 2 is 1.45 bits per heavy atom. The number of anilines is 2. The highest BCUT2D eigenvalue weighted by Gasteiger charge is 2.49. The number of halogens is 2. The van der Waals surface area contributed by atoms with Crippen molar-refractivity contribution < 1.29 is 38.8 Å². The van der Waals surface area contributed by atoms with Crippen LogP contribution < -0.4 is 16.0 Å². The van der Waals surface area contributed by atoms with Crippen molar-refractivity contribution in [2.45, 2.75) is 49.9 Å². The van der Waals surface area contributed by atoms with Crippen LogP contribution in [0.25, 0.3) is 0 Å². The van der Waals surface area contributed by atoms with Crippen LogP contribution in [-0.4, -0.2) is 65.6 Å². The molecule has 4 rings (SSSR count). The highest BCUT2D eigenvalue weighted by atomic mass is 35.5. The van der Waals surface area contributed by atoms with Crippen LogP contribution in [0.15, 0.2) is 48.5 Å². The van der Waals surface area contributed by atoms with Gasteiger partial charge in [-0.2, -0.15) is 0 Å². The number of carbonyl (C=O) groups is 3.